The highest BCUT2D eigenvalue weighted by atomic mass is 35.5. The Morgan fingerprint density at radius 2 is 1.66 bits per heavy atom. The van der Waals surface area contributed by atoms with Crippen LogP contribution in [-0.4, -0.2) is 60.4 Å². The van der Waals surface area contributed by atoms with E-state index < -0.39 is 5.91 Å². The van der Waals surface area contributed by atoms with Gasteiger partial charge in [-0.15, -0.1) is 0 Å². The smallest absolute Gasteiger partial charge is 0.292 e. The molecule has 1 unspecified atom stereocenters. The zero-order chi connectivity index (χ0) is 39.0. The highest BCUT2D eigenvalue weighted by Gasteiger charge is 2.29. The molecule has 2 aliphatic heterocycles. The Balaban J connectivity index is 0.872. The summed E-state index contributed by atoms with van der Waals surface area (Å²) in [4.78, 5) is 47.8. The van der Waals surface area contributed by atoms with Crippen molar-refractivity contribution in [2.24, 2.45) is 0 Å². The molecule has 5 heterocycles. The first kappa shape index (κ1) is 37.2. The fraction of sp³-hybridized carbons (Fsp3) is 0.326. The second-order valence-electron chi connectivity index (χ2n) is 15.7. The molecular weight excluding hydrogens is 728 g/mol. The van der Waals surface area contributed by atoms with Gasteiger partial charge in [0.2, 0.25) is 17.7 Å². The number of carbonyl (C=O) groups is 3. The fourth-order valence-electron chi connectivity index (χ4n) is 7.52. The average Bonchev–Trinajstić information content (AvgIpc) is 3.87. The number of hydrogen-bond donors (Lipinski definition) is 2. The molecular formula is C43H43ClN8O4. The van der Waals surface area contributed by atoms with Gasteiger partial charge in [0.25, 0.3) is 11.7 Å². The first-order valence-electron chi connectivity index (χ1n) is 19.0. The van der Waals surface area contributed by atoms with E-state index in [1.165, 1.54) is 17.5 Å². The summed E-state index contributed by atoms with van der Waals surface area (Å²) in [6.45, 7) is 8.94. The number of piperidine rings is 2. The predicted octanol–water partition coefficient (Wildman–Crippen LogP) is 7.23. The molecule has 3 aromatic heterocycles. The van der Waals surface area contributed by atoms with E-state index in [0.717, 1.165) is 71.5 Å². The molecule has 0 aliphatic carbocycles. The van der Waals surface area contributed by atoms with Crippen molar-refractivity contribution in [2.75, 3.05) is 13.1 Å². The van der Waals surface area contributed by atoms with Gasteiger partial charge in [0.1, 0.15) is 6.33 Å². The molecule has 13 heteroatoms. The first-order chi connectivity index (χ1) is 27.0. The van der Waals surface area contributed by atoms with Gasteiger partial charge in [-0.1, -0.05) is 98.2 Å². The van der Waals surface area contributed by atoms with Gasteiger partial charge in [-0.3, -0.25) is 24.6 Å². The molecule has 2 fully saturated rings. The molecule has 0 radical (unpaired) electrons. The number of benzene rings is 3. The van der Waals surface area contributed by atoms with E-state index in [9.17, 15) is 14.4 Å². The normalized spacial score (nSPS) is 17.0. The van der Waals surface area contributed by atoms with Crippen molar-refractivity contribution in [3.05, 3.63) is 124 Å². The molecule has 286 valence electrons. The second-order valence-corrected chi connectivity index (χ2v) is 16.2. The second kappa shape index (κ2) is 15.4. The van der Waals surface area contributed by atoms with Crippen molar-refractivity contribution in [1.29, 1.82) is 0 Å². The summed E-state index contributed by atoms with van der Waals surface area (Å²) in [5, 5.41) is 14.1. The maximum Gasteiger partial charge on any atom is 0.292 e. The van der Waals surface area contributed by atoms with Crippen LogP contribution in [-0.2, 0) is 28.1 Å². The maximum absolute atomic E-state index is 12.7. The lowest BCUT2D eigenvalue weighted by molar-refractivity contribution is -0.134. The summed E-state index contributed by atoms with van der Waals surface area (Å²) < 4.78 is 7.08. The Hall–Kier alpha value is -5.72. The van der Waals surface area contributed by atoms with E-state index >= 15 is 0 Å². The van der Waals surface area contributed by atoms with Crippen LogP contribution in [0.4, 0.5) is 0 Å². The van der Waals surface area contributed by atoms with Gasteiger partial charge in [-0.05, 0) is 78.2 Å². The lowest BCUT2D eigenvalue weighted by Gasteiger charge is -2.32. The van der Waals surface area contributed by atoms with Crippen molar-refractivity contribution in [2.45, 2.75) is 76.8 Å². The van der Waals surface area contributed by atoms with E-state index in [1.54, 1.807) is 0 Å². The van der Waals surface area contributed by atoms with Crippen LogP contribution in [0.15, 0.2) is 89.8 Å². The van der Waals surface area contributed by atoms with Gasteiger partial charge in [0.05, 0.1) is 17.1 Å². The Labute approximate surface area is 329 Å². The van der Waals surface area contributed by atoms with E-state index in [0.29, 0.717) is 29.7 Å². The third-order valence-corrected chi connectivity index (χ3v) is 11.1. The summed E-state index contributed by atoms with van der Waals surface area (Å²) >= 11 is 6.71. The number of imide groups is 1. The summed E-state index contributed by atoms with van der Waals surface area (Å²) in [7, 11) is 0. The van der Waals surface area contributed by atoms with Crippen LogP contribution >= 0.6 is 11.6 Å². The Kier molecular flexibility index (Phi) is 10.3. The van der Waals surface area contributed by atoms with Crippen molar-refractivity contribution in [3.8, 4) is 22.4 Å². The van der Waals surface area contributed by atoms with Crippen molar-refractivity contribution in [1.82, 2.24) is 40.3 Å². The molecule has 56 heavy (non-hydrogen) atoms. The van der Waals surface area contributed by atoms with Crippen LogP contribution in [0.2, 0.25) is 5.02 Å². The number of nitrogens with one attached hydrogen (secondary N) is 2. The van der Waals surface area contributed by atoms with Crippen LogP contribution in [0.5, 0.6) is 0 Å². The first-order valence-corrected chi connectivity index (χ1v) is 19.4. The van der Waals surface area contributed by atoms with Gasteiger partial charge in [0.15, 0.2) is 0 Å². The third kappa shape index (κ3) is 7.98. The molecule has 0 spiro atoms. The van der Waals surface area contributed by atoms with Gasteiger partial charge < -0.3 is 9.84 Å². The van der Waals surface area contributed by atoms with Crippen molar-refractivity contribution < 1.29 is 18.9 Å². The van der Waals surface area contributed by atoms with Crippen LogP contribution in [0.25, 0.3) is 27.9 Å². The van der Waals surface area contributed by atoms with Crippen molar-refractivity contribution >= 4 is 34.8 Å². The summed E-state index contributed by atoms with van der Waals surface area (Å²) in [6, 6.07) is 24.9. The zero-order valence-corrected chi connectivity index (χ0v) is 32.3. The third-order valence-electron chi connectivity index (χ3n) is 10.8. The molecule has 0 saturated carbocycles. The SMILES string of the molecule is CC(C)(C)c1nc(C(=O)NCc2ccc(-c3ncnn4cc(-c5ccc(CN6CCC(c7ccc(C8CCC(=O)NC8=O)cc7)CC6)cc5)cc34)cc2Cl)no1. The number of carbonyl (C=O) groups excluding carboxylic acids is 3. The summed E-state index contributed by atoms with van der Waals surface area (Å²) in [6.07, 6.45) is 6.67. The Morgan fingerprint density at radius 1 is 0.929 bits per heavy atom. The number of likely N-dealkylation sites (tertiary alicyclic amines) is 1. The predicted molar refractivity (Wildman–Crippen MR) is 212 cm³/mol. The Bertz CT molecular complexity index is 2410. The topological polar surface area (TPSA) is 148 Å². The van der Waals surface area contributed by atoms with Gasteiger partial charge in [0, 0.05) is 47.3 Å². The zero-order valence-electron chi connectivity index (χ0n) is 31.6. The lowest BCUT2D eigenvalue weighted by Crippen LogP contribution is -2.39. The summed E-state index contributed by atoms with van der Waals surface area (Å²) in [5.41, 5.74) is 8.50. The maximum atomic E-state index is 12.7. The fourth-order valence-corrected chi connectivity index (χ4v) is 7.77. The van der Waals surface area contributed by atoms with Gasteiger partial charge >= 0.3 is 0 Å². The average molecular weight is 771 g/mol. The molecule has 2 aliphatic rings. The van der Waals surface area contributed by atoms with Crippen LogP contribution in [0.3, 0.4) is 0 Å². The van der Waals surface area contributed by atoms with Crippen LogP contribution in [0, 0.1) is 0 Å². The number of rotatable bonds is 9. The number of halogens is 1. The molecule has 12 nitrogen and oxygen atoms in total. The molecule has 0 bridgehead atoms. The quantitative estimate of drug-likeness (QED) is 0.145. The lowest BCUT2D eigenvalue weighted by atomic mass is 9.86. The standard InChI is InChI=1S/C43H43ClN8O4/c1-43(2,3)42-49-39(50-56-42)41(55)45-22-32-13-12-31(20-35(32)44)38-36-21-33(24-52(36)47-25-46-38)28-6-4-26(5-7-28)23-51-18-16-29(17-19-51)27-8-10-30(11-9-27)34-14-15-37(53)48-40(34)54/h4-13,20-21,24-25,29,34H,14-19,22-23H2,1-3H3,(H,45,55)(H,48,53,54). The molecule has 8 rings (SSSR count). The number of aromatic nitrogens is 5. The number of nitrogens with zero attached hydrogens (tertiary/aromatic N) is 6. The number of fused-ring (bicyclic) bond motifs is 1. The molecule has 3 aromatic carbocycles. The molecule has 3 amide bonds. The van der Waals surface area contributed by atoms with Gasteiger partial charge in [-0.25, -0.2) is 9.50 Å². The molecule has 6 aromatic rings. The minimum absolute atomic E-state index is 0.0179. The van der Waals surface area contributed by atoms with E-state index in [-0.39, 0.29) is 35.5 Å². The van der Waals surface area contributed by atoms with Crippen molar-refractivity contribution in [3.63, 3.8) is 0 Å². The van der Waals surface area contributed by atoms with E-state index in [2.05, 4.69) is 90.4 Å². The van der Waals surface area contributed by atoms with E-state index in [4.69, 9.17) is 16.1 Å². The summed E-state index contributed by atoms with van der Waals surface area (Å²) in [5.74, 6) is -0.189. The monoisotopic (exact) mass is 770 g/mol. The number of amides is 3. The van der Waals surface area contributed by atoms with E-state index in [1.807, 2.05) is 49.7 Å². The molecule has 2 N–H and O–H groups in total. The van der Waals surface area contributed by atoms with Gasteiger partial charge in [-0.2, -0.15) is 10.1 Å². The minimum atomic E-state index is -0.440. The highest BCUT2D eigenvalue weighted by Crippen LogP contribution is 2.33. The van der Waals surface area contributed by atoms with Crippen LogP contribution in [0.1, 0.15) is 97.1 Å². The molecule has 2 saturated heterocycles. The largest absolute Gasteiger partial charge is 0.345 e. The molecule has 1 atom stereocenters. The number of hydrogen-bond acceptors (Lipinski definition) is 9. The minimum Gasteiger partial charge on any atom is -0.345 e. The Morgan fingerprint density at radius 3 is 2.36 bits per heavy atom. The van der Waals surface area contributed by atoms with Crippen LogP contribution < -0.4 is 10.6 Å². The highest BCUT2D eigenvalue weighted by molar-refractivity contribution is 6.31.